The Morgan fingerprint density at radius 2 is 2.15 bits per heavy atom. The topological polar surface area (TPSA) is 115 Å². The van der Waals surface area contributed by atoms with Gasteiger partial charge in [0.25, 0.3) is 0 Å². The summed E-state index contributed by atoms with van der Waals surface area (Å²) >= 11 is 0. The number of hydrogen-bond donors (Lipinski definition) is 2. The third kappa shape index (κ3) is 3.31. The molecular weight excluding hydrogens is 358 g/mol. The summed E-state index contributed by atoms with van der Waals surface area (Å²) in [7, 11) is -3.37. The van der Waals surface area contributed by atoms with Crippen molar-refractivity contribution in [2.45, 2.75) is 37.6 Å². The van der Waals surface area contributed by atoms with Gasteiger partial charge < -0.3 is 10.1 Å². The second-order valence-corrected chi connectivity index (χ2v) is 8.63. The van der Waals surface area contributed by atoms with Gasteiger partial charge in [0.15, 0.2) is 0 Å². The number of benzene rings is 1. The van der Waals surface area contributed by atoms with Gasteiger partial charge in [0.05, 0.1) is 36.5 Å². The van der Waals surface area contributed by atoms with Crippen molar-refractivity contribution < 1.29 is 17.9 Å². The van der Waals surface area contributed by atoms with E-state index in [0.717, 1.165) is 23.7 Å². The van der Waals surface area contributed by atoms with Crippen molar-refractivity contribution in [3.8, 4) is 0 Å². The summed E-state index contributed by atoms with van der Waals surface area (Å²) in [5.74, 6) is 0.0191. The van der Waals surface area contributed by atoms with E-state index >= 15 is 0 Å². The number of hydrogen-bond acceptors (Lipinski definition) is 6. The molecule has 1 aliphatic carbocycles. The summed E-state index contributed by atoms with van der Waals surface area (Å²) in [5.41, 5.74) is 1.67. The Morgan fingerprint density at radius 1 is 1.35 bits per heavy atom. The van der Waals surface area contributed by atoms with Gasteiger partial charge in [-0.05, 0) is 18.6 Å². The summed E-state index contributed by atoms with van der Waals surface area (Å²) in [6, 6.07) is 6.92. The fourth-order valence-corrected chi connectivity index (χ4v) is 4.61. The molecule has 140 valence electrons. The van der Waals surface area contributed by atoms with Crippen molar-refractivity contribution in [1.82, 2.24) is 25.0 Å². The lowest BCUT2D eigenvalue weighted by molar-refractivity contribution is -0.125. The Balaban J connectivity index is 1.38. The average Bonchev–Trinajstić information content (AvgIpc) is 3.20. The molecule has 0 spiro atoms. The standard InChI is InChI=1S/C16H21N5O4S/c1-26(23,24)19-15-14(10-7-9-25-16(10)15)17-13(22)6-8-21-12-5-3-2-4-11(12)18-20-21/h2-5,10,14-16,19H,6-9H2,1H3,(H,17,22)/t10-,14+,15-,16-/m0/s1. The Hall–Kier alpha value is -2.04. The molecule has 4 rings (SSSR count). The van der Waals surface area contributed by atoms with Gasteiger partial charge in [0, 0.05) is 18.9 Å². The second-order valence-electron chi connectivity index (χ2n) is 6.85. The summed E-state index contributed by atoms with van der Waals surface area (Å²) in [4.78, 5) is 12.4. The largest absolute Gasteiger partial charge is 0.376 e. The third-order valence-corrected chi connectivity index (χ3v) is 5.73. The van der Waals surface area contributed by atoms with Gasteiger partial charge >= 0.3 is 0 Å². The van der Waals surface area contributed by atoms with Crippen molar-refractivity contribution in [2.75, 3.05) is 12.9 Å². The lowest BCUT2D eigenvalue weighted by Crippen LogP contribution is -2.70. The number of carbonyl (C=O) groups excluding carboxylic acids is 1. The minimum absolute atomic E-state index is 0.139. The monoisotopic (exact) mass is 379 g/mol. The van der Waals surface area contributed by atoms with Gasteiger partial charge in [0.1, 0.15) is 5.52 Å². The summed E-state index contributed by atoms with van der Waals surface area (Å²) in [6.07, 6.45) is 2.03. The van der Waals surface area contributed by atoms with Gasteiger partial charge in [-0.15, -0.1) is 5.10 Å². The van der Waals surface area contributed by atoms with E-state index in [0.29, 0.717) is 13.2 Å². The minimum Gasteiger partial charge on any atom is -0.376 e. The van der Waals surface area contributed by atoms with E-state index in [1.165, 1.54) is 0 Å². The molecule has 2 aromatic rings. The lowest BCUT2D eigenvalue weighted by Gasteiger charge is -2.47. The van der Waals surface area contributed by atoms with Crippen LogP contribution in [0.3, 0.4) is 0 Å². The normalized spacial score (nSPS) is 27.9. The van der Waals surface area contributed by atoms with Crippen molar-refractivity contribution in [3.63, 3.8) is 0 Å². The number of fused-ring (bicyclic) bond motifs is 2. The maximum atomic E-state index is 12.4. The first-order valence-corrected chi connectivity index (χ1v) is 10.5. The summed E-state index contributed by atoms with van der Waals surface area (Å²) in [5, 5.41) is 11.1. The van der Waals surface area contributed by atoms with Crippen LogP contribution >= 0.6 is 0 Å². The highest BCUT2D eigenvalue weighted by atomic mass is 32.2. The fourth-order valence-electron chi connectivity index (χ4n) is 3.84. The Labute approximate surface area is 151 Å². The molecule has 1 saturated heterocycles. The van der Waals surface area contributed by atoms with Crippen LogP contribution in [0, 0.1) is 5.92 Å². The Kier molecular flexibility index (Phi) is 4.41. The fraction of sp³-hybridized carbons (Fsp3) is 0.562. The third-order valence-electron chi connectivity index (χ3n) is 5.03. The number of carbonyl (C=O) groups is 1. The Bertz CT molecular complexity index is 928. The van der Waals surface area contributed by atoms with E-state index in [-0.39, 0.29) is 30.4 Å². The first-order valence-electron chi connectivity index (χ1n) is 8.59. The van der Waals surface area contributed by atoms with Crippen LogP contribution in [0.2, 0.25) is 0 Å². The van der Waals surface area contributed by atoms with Gasteiger partial charge in [-0.25, -0.2) is 17.8 Å². The van der Waals surface area contributed by atoms with E-state index in [2.05, 4.69) is 20.4 Å². The number of sulfonamides is 1. The van der Waals surface area contributed by atoms with Crippen molar-refractivity contribution >= 4 is 27.0 Å². The maximum Gasteiger partial charge on any atom is 0.222 e. The molecule has 0 radical (unpaired) electrons. The van der Waals surface area contributed by atoms with E-state index in [1.807, 2.05) is 24.3 Å². The van der Waals surface area contributed by atoms with Crippen LogP contribution in [-0.2, 0) is 26.1 Å². The number of aryl methyl sites for hydroxylation is 1. The number of nitrogens with zero attached hydrogens (tertiary/aromatic N) is 3. The van der Waals surface area contributed by atoms with Gasteiger partial charge in [-0.1, -0.05) is 17.3 Å². The molecule has 2 heterocycles. The number of amides is 1. The first kappa shape index (κ1) is 17.4. The van der Waals surface area contributed by atoms with Crippen LogP contribution < -0.4 is 10.0 Å². The number of rotatable bonds is 6. The zero-order valence-electron chi connectivity index (χ0n) is 14.3. The van der Waals surface area contributed by atoms with Crippen LogP contribution in [0.15, 0.2) is 24.3 Å². The molecule has 10 heteroatoms. The van der Waals surface area contributed by atoms with Crippen LogP contribution in [0.4, 0.5) is 0 Å². The number of para-hydroxylation sites is 1. The summed E-state index contributed by atoms with van der Waals surface area (Å²) < 4.78 is 33.0. The van der Waals surface area contributed by atoms with E-state index in [9.17, 15) is 13.2 Å². The predicted octanol–water partition coefficient (Wildman–Crippen LogP) is -0.357. The van der Waals surface area contributed by atoms with Gasteiger partial charge in [-0.2, -0.15) is 0 Å². The quantitative estimate of drug-likeness (QED) is 0.708. The van der Waals surface area contributed by atoms with Crippen LogP contribution in [-0.4, -0.2) is 60.4 Å². The first-order chi connectivity index (χ1) is 12.4. The molecule has 2 N–H and O–H groups in total. The highest BCUT2D eigenvalue weighted by molar-refractivity contribution is 7.88. The van der Waals surface area contributed by atoms with Crippen LogP contribution in [0.25, 0.3) is 11.0 Å². The summed E-state index contributed by atoms with van der Waals surface area (Å²) in [6.45, 7) is 1.00. The molecule has 2 fully saturated rings. The van der Waals surface area contributed by atoms with Crippen LogP contribution in [0.1, 0.15) is 12.8 Å². The zero-order chi connectivity index (χ0) is 18.3. The molecule has 4 atom stereocenters. The molecule has 1 aromatic heterocycles. The van der Waals surface area contributed by atoms with E-state index in [1.54, 1.807) is 4.68 Å². The van der Waals surface area contributed by atoms with E-state index in [4.69, 9.17) is 4.74 Å². The van der Waals surface area contributed by atoms with Crippen molar-refractivity contribution in [3.05, 3.63) is 24.3 Å². The average molecular weight is 379 g/mol. The highest BCUT2D eigenvalue weighted by Gasteiger charge is 2.55. The Morgan fingerprint density at radius 3 is 2.96 bits per heavy atom. The minimum atomic E-state index is -3.37. The van der Waals surface area contributed by atoms with Crippen molar-refractivity contribution in [1.29, 1.82) is 0 Å². The number of nitrogens with one attached hydrogen (secondary N) is 2. The van der Waals surface area contributed by atoms with Gasteiger partial charge in [0.2, 0.25) is 15.9 Å². The molecule has 1 aliphatic heterocycles. The van der Waals surface area contributed by atoms with Crippen molar-refractivity contribution in [2.24, 2.45) is 5.92 Å². The predicted molar refractivity (Wildman–Crippen MR) is 93.7 cm³/mol. The number of ether oxygens (including phenoxy) is 1. The molecule has 9 nitrogen and oxygen atoms in total. The van der Waals surface area contributed by atoms with E-state index < -0.39 is 16.1 Å². The molecular formula is C16H21N5O4S. The van der Waals surface area contributed by atoms with Gasteiger partial charge in [-0.3, -0.25) is 4.79 Å². The maximum absolute atomic E-state index is 12.4. The lowest BCUT2D eigenvalue weighted by atomic mass is 9.72. The molecule has 0 unspecified atom stereocenters. The molecule has 1 saturated carbocycles. The number of aromatic nitrogens is 3. The molecule has 26 heavy (non-hydrogen) atoms. The molecule has 1 aromatic carbocycles. The molecule has 2 aliphatic rings. The zero-order valence-corrected chi connectivity index (χ0v) is 15.1. The second kappa shape index (κ2) is 6.60. The molecule has 0 bridgehead atoms. The highest BCUT2D eigenvalue weighted by Crippen LogP contribution is 2.39. The molecule has 1 amide bonds. The van der Waals surface area contributed by atoms with Crippen LogP contribution in [0.5, 0.6) is 0 Å². The SMILES string of the molecule is CS(=O)(=O)N[C@H]1[C@H](NC(=O)CCn2nnc3ccccc32)[C@@H]2CCO[C@@H]21. The smallest absolute Gasteiger partial charge is 0.222 e.